The van der Waals surface area contributed by atoms with E-state index in [-0.39, 0.29) is 11.2 Å². The molecule has 6 heteroatoms. The van der Waals surface area contributed by atoms with E-state index in [4.69, 9.17) is 0 Å². The number of amides is 1. The van der Waals surface area contributed by atoms with Gasteiger partial charge < -0.3 is 5.32 Å². The number of hydrogen-bond donors (Lipinski definition) is 1. The number of carbonyl (C=O) groups excluding carboxylic acids is 1. The van der Waals surface area contributed by atoms with Crippen LogP contribution in [0, 0.1) is 0 Å². The number of para-hydroxylation sites is 1. The predicted octanol–water partition coefficient (Wildman–Crippen LogP) is 4.51. The van der Waals surface area contributed by atoms with Crippen molar-refractivity contribution in [3.05, 3.63) is 59.3 Å². The Labute approximate surface area is 146 Å². The molecular weight excluding hydrogens is 374 g/mol. The Kier molecular flexibility index (Phi) is 4.93. The van der Waals surface area contributed by atoms with E-state index in [0.29, 0.717) is 0 Å². The second-order valence-corrected chi connectivity index (χ2v) is 7.20. The molecule has 0 fully saturated rings. The molecule has 1 N–H and O–H groups in total. The van der Waals surface area contributed by atoms with Crippen molar-refractivity contribution < 1.29 is 4.79 Å². The van der Waals surface area contributed by atoms with Crippen molar-refractivity contribution in [1.29, 1.82) is 0 Å². The molecule has 3 rings (SSSR count). The summed E-state index contributed by atoms with van der Waals surface area (Å²) in [6, 6.07) is 15.3. The van der Waals surface area contributed by atoms with E-state index >= 15 is 0 Å². The molecule has 0 saturated heterocycles. The van der Waals surface area contributed by atoms with Gasteiger partial charge in [-0.1, -0.05) is 45.9 Å². The summed E-state index contributed by atoms with van der Waals surface area (Å²) in [6.07, 6.45) is 1.53. The van der Waals surface area contributed by atoms with E-state index in [1.165, 1.54) is 18.1 Å². The average Bonchev–Trinajstić information content (AvgIpc) is 2.57. The van der Waals surface area contributed by atoms with Crippen LogP contribution in [0.1, 0.15) is 6.92 Å². The molecule has 23 heavy (non-hydrogen) atoms. The molecule has 1 atom stereocenters. The third-order valence-electron chi connectivity index (χ3n) is 3.28. The normalized spacial score (nSPS) is 12.1. The largest absolute Gasteiger partial charge is 0.325 e. The number of anilines is 1. The van der Waals surface area contributed by atoms with E-state index in [0.717, 1.165) is 26.1 Å². The van der Waals surface area contributed by atoms with Gasteiger partial charge in [-0.25, -0.2) is 9.97 Å². The lowest BCUT2D eigenvalue weighted by molar-refractivity contribution is -0.115. The number of halogens is 1. The minimum absolute atomic E-state index is 0.0555. The van der Waals surface area contributed by atoms with Crippen LogP contribution in [0.3, 0.4) is 0 Å². The van der Waals surface area contributed by atoms with Gasteiger partial charge >= 0.3 is 0 Å². The lowest BCUT2D eigenvalue weighted by atomic mass is 10.2. The van der Waals surface area contributed by atoms with Crippen LogP contribution in [-0.2, 0) is 4.79 Å². The SMILES string of the molecule is C[C@@H](Sc1ncnc2ccccc12)C(=O)Nc1ccc(Br)cc1. The molecule has 0 spiro atoms. The van der Waals surface area contributed by atoms with Crippen LogP contribution in [0.25, 0.3) is 10.9 Å². The average molecular weight is 388 g/mol. The molecule has 0 bridgehead atoms. The van der Waals surface area contributed by atoms with Gasteiger partial charge in [-0.05, 0) is 37.3 Å². The first kappa shape index (κ1) is 16.0. The zero-order valence-electron chi connectivity index (χ0n) is 12.4. The first-order valence-electron chi connectivity index (χ1n) is 7.06. The second-order valence-electron chi connectivity index (χ2n) is 4.95. The van der Waals surface area contributed by atoms with Gasteiger partial charge in [-0.2, -0.15) is 0 Å². The molecule has 4 nitrogen and oxygen atoms in total. The first-order valence-corrected chi connectivity index (χ1v) is 8.73. The van der Waals surface area contributed by atoms with Gasteiger partial charge in [0.15, 0.2) is 0 Å². The maximum atomic E-state index is 12.4. The van der Waals surface area contributed by atoms with Crippen LogP contribution in [0.2, 0.25) is 0 Å². The summed E-state index contributed by atoms with van der Waals surface area (Å²) in [7, 11) is 0. The van der Waals surface area contributed by atoms with Gasteiger partial charge in [0.2, 0.25) is 5.91 Å². The molecule has 0 aliphatic carbocycles. The Morgan fingerprint density at radius 2 is 1.87 bits per heavy atom. The van der Waals surface area contributed by atoms with Crippen molar-refractivity contribution in [3.8, 4) is 0 Å². The standard InChI is InChI=1S/C17H14BrN3OS/c1-11(16(22)21-13-8-6-12(18)7-9-13)23-17-14-4-2-3-5-15(14)19-10-20-17/h2-11H,1H3,(H,21,22)/t11-/m1/s1. The van der Waals surface area contributed by atoms with Crippen molar-refractivity contribution >= 4 is 50.2 Å². The number of hydrogen-bond acceptors (Lipinski definition) is 4. The highest BCUT2D eigenvalue weighted by molar-refractivity contribution is 9.10. The zero-order valence-corrected chi connectivity index (χ0v) is 14.8. The molecule has 0 radical (unpaired) electrons. The van der Waals surface area contributed by atoms with Gasteiger partial charge in [-0.3, -0.25) is 4.79 Å². The number of aromatic nitrogens is 2. The van der Waals surface area contributed by atoms with Crippen molar-refractivity contribution in [3.63, 3.8) is 0 Å². The van der Waals surface area contributed by atoms with E-state index in [9.17, 15) is 4.79 Å². The summed E-state index contributed by atoms with van der Waals surface area (Å²) in [5.41, 5.74) is 1.66. The number of nitrogens with zero attached hydrogens (tertiary/aromatic N) is 2. The highest BCUT2D eigenvalue weighted by Gasteiger charge is 2.17. The predicted molar refractivity (Wildman–Crippen MR) is 97.6 cm³/mol. The molecule has 116 valence electrons. The van der Waals surface area contributed by atoms with E-state index in [2.05, 4.69) is 31.2 Å². The van der Waals surface area contributed by atoms with Crippen LogP contribution < -0.4 is 5.32 Å². The number of carbonyl (C=O) groups is 1. The van der Waals surface area contributed by atoms with Crippen LogP contribution >= 0.6 is 27.7 Å². The van der Waals surface area contributed by atoms with Crippen molar-refractivity contribution in [2.45, 2.75) is 17.2 Å². The number of fused-ring (bicyclic) bond motifs is 1. The lowest BCUT2D eigenvalue weighted by Crippen LogP contribution is -2.22. The number of nitrogens with one attached hydrogen (secondary N) is 1. The summed E-state index contributed by atoms with van der Waals surface area (Å²) >= 11 is 4.81. The molecule has 3 aromatic rings. The van der Waals surface area contributed by atoms with Crippen LogP contribution in [0.4, 0.5) is 5.69 Å². The van der Waals surface area contributed by atoms with Crippen LogP contribution in [0.15, 0.2) is 64.4 Å². The van der Waals surface area contributed by atoms with Crippen molar-refractivity contribution in [2.24, 2.45) is 0 Å². The van der Waals surface area contributed by atoms with Crippen molar-refractivity contribution in [2.75, 3.05) is 5.32 Å². The molecule has 0 aliphatic heterocycles. The Bertz CT molecular complexity index is 833. The van der Waals surface area contributed by atoms with E-state index in [1.807, 2.05) is 55.5 Å². The van der Waals surface area contributed by atoms with Gasteiger partial charge in [0.05, 0.1) is 10.8 Å². The fourth-order valence-electron chi connectivity index (χ4n) is 2.07. The number of thioether (sulfide) groups is 1. The highest BCUT2D eigenvalue weighted by atomic mass is 79.9. The fourth-order valence-corrected chi connectivity index (χ4v) is 3.24. The molecule has 1 amide bonds. The third-order valence-corrected chi connectivity index (χ3v) is 4.92. The maximum absolute atomic E-state index is 12.4. The molecule has 2 aromatic carbocycles. The zero-order chi connectivity index (χ0) is 16.2. The summed E-state index contributed by atoms with van der Waals surface area (Å²) in [6.45, 7) is 1.87. The Morgan fingerprint density at radius 1 is 1.13 bits per heavy atom. The summed E-state index contributed by atoms with van der Waals surface area (Å²) in [5.74, 6) is -0.0555. The van der Waals surface area contributed by atoms with E-state index in [1.54, 1.807) is 0 Å². The van der Waals surface area contributed by atoms with Crippen LogP contribution in [0.5, 0.6) is 0 Å². The molecule has 0 saturated carbocycles. The minimum Gasteiger partial charge on any atom is -0.325 e. The topological polar surface area (TPSA) is 54.9 Å². The minimum atomic E-state index is -0.267. The molecule has 0 unspecified atom stereocenters. The molecular formula is C17H14BrN3OS. The quantitative estimate of drug-likeness (QED) is 0.528. The second kappa shape index (κ2) is 7.10. The number of rotatable bonds is 4. The Balaban J connectivity index is 1.73. The Hall–Kier alpha value is -1.92. The molecule has 0 aliphatic rings. The third kappa shape index (κ3) is 3.89. The van der Waals surface area contributed by atoms with Gasteiger partial charge in [-0.15, -0.1) is 0 Å². The van der Waals surface area contributed by atoms with E-state index < -0.39 is 0 Å². The van der Waals surface area contributed by atoms with Crippen LogP contribution in [-0.4, -0.2) is 21.1 Å². The lowest BCUT2D eigenvalue weighted by Gasteiger charge is -2.12. The smallest absolute Gasteiger partial charge is 0.237 e. The van der Waals surface area contributed by atoms with Crippen molar-refractivity contribution in [1.82, 2.24) is 9.97 Å². The molecule has 1 heterocycles. The summed E-state index contributed by atoms with van der Waals surface area (Å²) < 4.78 is 0.977. The Morgan fingerprint density at radius 3 is 2.65 bits per heavy atom. The van der Waals surface area contributed by atoms with Gasteiger partial charge in [0.25, 0.3) is 0 Å². The fraction of sp³-hybridized carbons (Fsp3) is 0.118. The summed E-state index contributed by atoms with van der Waals surface area (Å²) in [4.78, 5) is 20.9. The summed E-state index contributed by atoms with van der Waals surface area (Å²) in [5, 5.41) is 4.42. The highest BCUT2D eigenvalue weighted by Crippen LogP contribution is 2.28. The molecule has 1 aromatic heterocycles. The first-order chi connectivity index (χ1) is 11.1. The van der Waals surface area contributed by atoms with Gasteiger partial charge in [0, 0.05) is 15.5 Å². The monoisotopic (exact) mass is 387 g/mol. The van der Waals surface area contributed by atoms with Gasteiger partial charge in [0.1, 0.15) is 11.4 Å². The maximum Gasteiger partial charge on any atom is 0.237 e. The number of benzene rings is 2.